The lowest BCUT2D eigenvalue weighted by molar-refractivity contribution is -0.101. The summed E-state index contributed by atoms with van der Waals surface area (Å²) in [5.74, 6) is 0. The number of aryl methyl sites for hydroxylation is 2. The average Bonchev–Trinajstić information content (AvgIpc) is 2.87. The Balaban J connectivity index is 2.06. The predicted octanol–water partition coefficient (Wildman–Crippen LogP) is 1.01. The zero-order valence-electron chi connectivity index (χ0n) is 12.2. The highest BCUT2D eigenvalue weighted by atomic mass is 16.6. The molecule has 1 N–H and O–H groups in total. The Labute approximate surface area is 115 Å². The van der Waals surface area contributed by atoms with Crippen molar-refractivity contribution in [2.24, 2.45) is 0 Å². The molecule has 2 rings (SSSR count). The molecule has 1 saturated heterocycles. The number of likely N-dealkylation sites (N-methyl/N-ethyl adjacent to an activating group) is 1. The molecule has 1 aromatic heterocycles. The average molecular weight is 267 g/mol. The van der Waals surface area contributed by atoms with Gasteiger partial charge in [0.1, 0.15) is 0 Å². The van der Waals surface area contributed by atoms with Crippen LogP contribution in [0, 0.1) is 0 Å². The van der Waals surface area contributed by atoms with Crippen LogP contribution in [0.2, 0.25) is 0 Å². The van der Waals surface area contributed by atoms with E-state index >= 15 is 0 Å². The summed E-state index contributed by atoms with van der Waals surface area (Å²) in [6.07, 6.45) is 2.03. The highest BCUT2D eigenvalue weighted by Gasteiger charge is 2.25. The summed E-state index contributed by atoms with van der Waals surface area (Å²) in [7, 11) is 1.98. The van der Waals surface area contributed by atoms with Crippen molar-refractivity contribution in [1.29, 1.82) is 0 Å². The van der Waals surface area contributed by atoms with Gasteiger partial charge in [0.15, 0.2) is 0 Å². The lowest BCUT2D eigenvalue weighted by Gasteiger charge is -2.30. The quantitative estimate of drug-likeness (QED) is 0.836. The van der Waals surface area contributed by atoms with Crippen molar-refractivity contribution >= 4 is 0 Å². The molecule has 1 aliphatic rings. The first-order valence-electron chi connectivity index (χ1n) is 7.20. The largest absolute Gasteiger partial charge is 0.376 e. The molecule has 0 radical (unpaired) electrons. The van der Waals surface area contributed by atoms with Crippen LogP contribution in [0.15, 0.2) is 6.07 Å². The Morgan fingerprint density at radius 1 is 1.47 bits per heavy atom. The van der Waals surface area contributed by atoms with Gasteiger partial charge in [0.05, 0.1) is 31.6 Å². The number of nitrogens with zero attached hydrogens (tertiary/aromatic N) is 2. The number of hydrogen-bond donors (Lipinski definition) is 1. The van der Waals surface area contributed by atoms with Gasteiger partial charge in [0, 0.05) is 24.7 Å². The van der Waals surface area contributed by atoms with Crippen molar-refractivity contribution in [1.82, 2.24) is 15.1 Å². The Hall–Kier alpha value is -0.910. The first-order chi connectivity index (χ1) is 9.28. The maximum Gasteiger partial charge on any atom is 0.0965 e. The van der Waals surface area contributed by atoms with Gasteiger partial charge in [-0.3, -0.25) is 4.68 Å². The van der Waals surface area contributed by atoms with E-state index in [1.807, 2.05) is 7.05 Å². The zero-order valence-corrected chi connectivity index (χ0v) is 12.2. The normalized spacial score (nSPS) is 21.5. The fraction of sp³-hybridized carbons (Fsp3) is 0.786. The van der Waals surface area contributed by atoms with Crippen LogP contribution in [-0.2, 0) is 28.9 Å². The molecule has 108 valence electrons. The van der Waals surface area contributed by atoms with E-state index in [4.69, 9.17) is 9.47 Å². The number of aromatic nitrogens is 2. The van der Waals surface area contributed by atoms with Gasteiger partial charge in [-0.25, -0.2) is 0 Å². The topological polar surface area (TPSA) is 48.3 Å². The molecule has 5 nitrogen and oxygen atoms in total. The van der Waals surface area contributed by atoms with Crippen LogP contribution < -0.4 is 5.32 Å². The van der Waals surface area contributed by atoms with Crippen LogP contribution >= 0.6 is 0 Å². The molecule has 1 aromatic rings. The summed E-state index contributed by atoms with van der Waals surface area (Å²) in [5.41, 5.74) is 2.43. The Morgan fingerprint density at radius 2 is 2.32 bits per heavy atom. The Bertz CT molecular complexity index is 386. The molecule has 0 amide bonds. The lowest BCUT2D eigenvalue weighted by atomic mass is 10.0. The molecule has 2 heterocycles. The second-order valence-electron chi connectivity index (χ2n) is 4.88. The van der Waals surface area contributed by atoms with Gasteiger partial charge >= 0.3 is 0 Å². The third-order valence-corrected chi connectivity index (χ3v) is 3.67. The van der Waals surface area contributed by atoms with E-state index in [1.54, 1.807) is 0 Å². The first kappa shape index (κ1) is 14.5. The third kappa shape index (κ3) is 3.55. The van der Waals surface area contributed by atoms with E-state index < -0.39 is 0 Å². The van der Waals surface area contributed by atoms with Crippen LogP contribution in [0.4, 0.5) is 0 Å². The molecule has 1 aliphatic heterocycles. The fourth-order valence-electron chi connectivity index (χ4n) is 2.51. The van der Waals surface area contributed by atoms with Crippen LogP contribution in [0.3, 0.4) is 0 Å². The predicted molar refractivity (Wildman–Crippen MR) is 74.4 cm³/mol. The molecule has 0 aromatic carbocycles. The number of ether oxygens (including phenoxy) is 2. The summed E-state index contributed by atoms with van der Waals surface area (Å²) in [4.78, 5) is 0. The highest BCUT2D eigenvalue weighted by molar-refractivity contribution is 5.12. The van der Waals surface area contributed by atoms with Crippen LogP contribution in [0.5, 0.6) is 0 Å². The van der Waals surface area contributed by atoms with Crippen LogP contribution in [-0.4, -0.2) is 48.8 Å². The van der Waals surface area contributed by atoms with Gasteiger partial charge in [-0.1, -0.05) is 6.92 Å². The van der Waals surface area contributed by atoms with Crippen molar-refractivity contribution in [3.05, 3.63) is 17.5 Å². The lowest BCUT2D eigenvalue weighted by Crippen LogP contribution is -2.46. The zero-order chi connectivity index (χ0) is 13.7. The maximum atomic E-state index is 5.79. The Kier molecular flexibility index (Phi) is 5.36. The van der Waals surface area contributed by atoms with Gasteiger partial charge in [-0.15, -0.1) is 0 Å². The minimum atomic E-state index is 0.129. The van der Waals surface area contributed by atoms with Crippen molar-refractivity contribution in [2.45, 2.75) is 45.4 Å². The molecule has 0 aliphatic carbocycles. The summed E-state index contributed by atoms with van der Waals surface area (Å²) in [6.45, 7) is 7.25. The molecule has 0 saturated carbocycles. The van der Waals surface area contributed by atoms with Crippen LogP contribution in [0.1, 0.15) is 25.2 Å². The van der Waals surface area contributed by atoms with Gasteiger partial charge in [-0.05, 0) is 26.5 Å². The standard InChI is InChI=1S/C14H25N3O2/c1-4-11-8-12(17(5-2)16-11)9-13(15-3)14-10-18-6-7-19-14/h8,13-15H,4-7,9-10H2,1-3H3. The fourth-order valence-corrected chi connectivity index (χ4v) is 2.51. The molecular formula is C14H25N3O2. The van der Waals surface area contributed by atoms with Crippen molar-refractivity contribution in [2.75, 3.05) is 26.9 Å². The van der Waals surface area contributed by atoms with Crippen molar-refractivity contribution < 1.29 is 9.47 Å². The second-order valence-corrected chi connectivity index (χ2v) is 4.88. The molecule has 0 bridgehead atoms. The summed E-state index contributed by atoms with van der Waals surface area (Å²) >= 11 is 0. The van der Waals surface area contributed by atoms with Gasteiger partial charge in [-0.2, -0.15) is 5.10 Å². The smallest absolute Gasteiger partial charge is 0.0965 e. The summed E-state index contributed by atoms with van der Waals surface area (Å²) < 4.78 is 13.4. The van der Waals surface area contributed by atoms with Gasteiger partial charge in [0.25, 0.3) is 0 Å². The van der Waals surface area contributed by atoms with Crippen molar-refractivity contribution in [3.63, 3.8) is 0 Å². The van der Waals surface area contributed by atoms with E-state index in [-0.39, 0.29) is 12.1 Å². The minimum absolute atomic E-state index is 0.129. The highest BCUT2D eigenvalue weighted by Crippen LogP contribution is 2.13. The molecule has 2 unspecified atom stereocenters. The summed E-state index contributed by atoms with van der Waals surface area (Å²) in [5, 5.41) is 7.95. The van der Waals surface area contributed by atoms with E-state index in [1.165, 1.54) is 5.69 Å². The van der Waals surface area contributed by atoms with E-state index in [0.29, 0.717) is 19.8 Å². The summed E-state index contributed by atoms with van der Waals surface area (Å²) in [6, 6.07) is 2.48. The SMILES string of the molecule is CCc1cc(CC(NC)C2COCCO2)n(CC)n1. The first-order valence-corrected chi connectivity index (χ1v) is 7.20. The van der Waals surface area contributed by atoms with Gasteiger partial charge < -0.3 is 14.8 Å². The van der Waals surface area contributed by atoms with E-state index in [9.17, 15) is 0 Å². The number of rotatable bonds is 6. The molecule has 0 spiro atoms. The molecular weight excluding hydrogens is 242 g/mol. The van der Waals surface area contributed by atoms with E-state index in [2.05, 4.69) is 35.0 Å². The molecule has 19 heavy (non-hydrogen) atoms. The number of hydrogen-bond acceptors (Lipinski definition) is 4. The Morgan fingerprint density at radius 3 is 2.89 bits per heavy atom. The minimum Gasteiger partial charge on any atom is -0.376 e. The monoisotopic (exact) mass is 267 g/mol. The van der Waals surface area contributed by atoms with Gasteiger partial charge in [0.2, 0.25) is 0 Å². The maximum absolute atomic E-state index is 5.79. The van der Waals surface area contributed by atoms with E-state index in [0.717, 1.165) is 25.1 Å². The molecule has 2 atom stereocenters. The van der Waals surface area contributed by atoms with Crippen molar-refractivity contribution in [3.8, 4) is 0 Å². The molecule has 5 heteroatoms. The second kappa shape index (κ2) is 7.03. The third-order valence-electron chi connectivity index (χ3n) is 3.67. The number of nitrogens with one attached hydrogen (secondary N) is 1. The van der Waals surface area contributed by atoms with Crippen LogP contribution in [0.25, 0.3) is 0 Å². The molecule has 1 fully saturated rings.